The lowest BCUT2D eigenvalue weighted by molar-refractivity contribution is 0.0523. The highest BCUT2D eigenvalue weighted by Gasteiger charge is 2.16. The Balaban J connectivity index is 2.73. The van der Waals surface area contributed by atoms with Crippen molar-refractivity contribution in [1.82, 2.24) is 5.32 Å². The van der Waals surface area contributed by atoms with E-state index in [9.17, 15) is 13.2 Å². The van der Waals surface area contributed by atoms with Gasteiger partial charge >= 0.3 is 6.09 Å². The maximum Gasteiger partial charge on any atom is 0.407 e. The molecule has 0 spiro atoms. The van der Waals surface area contributed by atoms with Crippen LogP contribution in [0.5, 0.6) is 0 Å². The van der Waals surface area contributed by atoms with Crippen molar-refractivity contribution in [3.05, 3.63) is 28.2 Å². The summed E-state index contributed by atoms with van der Waals surface area (Å²) in [5, 5.41) is 7.61. The third-order valence-electron chi connectivity index (χ3n) is 2.18. The van der Waals surface area contributed by atoms with E-state index in [4.69, 9.17) is 9.88 Å². The van der Waals surface area contributed by atoms with Gasteiger partial charge in [0.25, 0.3) is 0 Å². The number of hydrogen-bond donors (Lipinski definition) is 2. The number of nitrogens with one attached hydrogen (secondary N) is 1. The number of amides is 1. The third-order valence-corrected chi connectivity index (χ3v) is 3.82. The molecule has 0 saturated carbocycles. The summed E-state index contributed by atoms with van der Waals surface area (Å²) in [6.45, 7) is 5.51. The maximum absolute atomic E-state index is 11.5. The predicted molar refractivity (Wildman–Crippen MR) is 78.6 cm³/mol. The highest BCUT2D eigenvalue weighted by atomic mass is 79.9. The minimum atomic E-state index is -3.74. The standard InChI is InChI=1S/C12H17BrN2O4S/c1-12(2,3)19-11(16)15-7-8-4-5-9(6-10(8)13)20(14,17)18/h4-6H,7H2,1-3H3,(H,15,16)(H2,14,17,18). The minimum Gasteiger partial charge on any atom is -0.444 e. The summed E-state index contributed by atoms with van der Waals surface area (Å²) in [6, 6.07) is 4.34. The molecular weight excluding hydrogens is 348 g/mol. The molecular formula is C12H17BrN2O4S. The van der Waals surface area contributed by atoms with Crippen LogP contribution in [0.15, 0.2) is 27.6 Å². The van der Waals surface area contributed by atoms with E-state index < -0.39 is 21.7 Å². The van der Waals surface area contributed by atoms with Crippen LogP contribution in [-0.2, 0) is 21.3 Å². The molecule has 8 heteroatoms. The summed E-state index contributed by atoms with van der Waals surface area (Å²) >= 11 is 3.24. The molecule has 0 heterocycles. The molecule has 1 aromatic rings. The Kier molecular flexibility index (Phi) is 5.17. The lowest BCUT2D eigenvalue weighted by atomic mass is 10.2. The number of alkyl carbamates (subject to hydrolysis) is 1. The Morgan fingerprint density at radius 3 is 2.45 bits per heavy atom. The zero-order valence-corrected chi connectivity index (χ0v) is 13.8. The van der Waals surface area contributed by atoms with Gasteiger partial charge in [-0.15, -0.1) is 0 Å². The SMILES string of the molecule is CC(C)(C)OC(=O)NCc1ccc(S(N)(=O)=O)cc1Br. The van der Waals surface area contributed by atoms with Gasteiger partial charge < -0.3 is 10.1 Å². The first-order chi connectivity index (χ1) is 8.99. The first-order valence-electron chi connectivity index (χ1n) is 5.77. The summed E-state index contributed by atoms with van der Waals surface area (Å²) in [7, 11) is -3.74. The number of sulfonamides is 1. The second-order valence-electron chi connectivity index (χ2n) is 5.15. The van der Waals surface area contributed by atoms with Crippen LogP contribution >= 0.6 is 15.9 Å². The van der Waals surface area contributed by atoms with E-state index >= 15 is 0 Å². The highest BCUT2D eigenvalue weighted by Crippen LogP contribution is 2.20. The summed E-state index contributed by atoms with van der Waals surface area (Å²) in [5.41, 5.74) is 0.141. The summed E-state index contributed by atoms with van der Waals surface area (Å²) < 4.78 is 28.0. The Bertz CT molecular complexity index is 608. The third kappa shape index (κ3) is 5.48. The largest absolute Gasteiger partial charge is 0.444 e. The van der Waals surface area contributed by atoms with Crippen molar-refractivity contribution >= 4 is 32.0 Å². The average molecular weight is 365 g/mol. The molecule has 3 N–H and O–H groups in total. The molecule has 20 heavy (non-hydrogen) atoms. The number of carbonyl (C=O) groups is 1. The first-order valence-corrected chi connectivity index (χ1v) is 8.11. The zero-order chi connectivity index (χ0) is 15.6. The van der Waals surface area contributed by atoms with Gasteiger partial charge in [-0.25, -0.2) is 18.4 Å². The Hall–Kier alpha value is -1.12. The Morgan fingerprint density at radius 1 is 1.40 bits per heavy atom. The van der Waals surface area contributed by atoms with E-state index in [1.807, 2.05) is 0 Å². The molecule has 0 fully saturated rings. The Labute approximate surface area is 126 Å². The quantitative estimate of drug-likeness (QED) is 0.857. The minimum absolute atomic E-state index is 0.00499. The van der Waals surface area contributed by atoms with Crippen LogP contribution in [0, 0.1) is 0 Å². The van der Waals surface area contributed by atoms with Crippen molar-refractivity contribution in [3.8, 4) is 0 Å². The van der Waals surface area contributed by atoms with Crippen molar-refractivity contribution in [2.45, 2.75) is 37.8 Å². The normalized spacial score (nSPS) is 12.1. The number of rotatable bonds is 3. The van der Waals surface area contributed by atoms with E-state index in [2.05, 4.69) is 21.2 Å². The number of hydrogen-bond acceptors (Lipinski definition) is 4. The van der Waals surface area contributed by atoms with E-state index in [1.54, 1.807) is 26.8 Å². The van der Waals surface area contributed by atoms with Gasteiger partial charge in [-0.3, -0.25) is 0 Å². The van der Waals surface area contributed by atoms with Crippen molar-refractivity contribution in [1.29, 1.82) is 0 Å². The van der Waals surface area contributed by atoms with Crippen molar-refractivity contribution in [3.63, 3.8) is 0 Å². The van der Waals surface area contributed by atoms with Gasteiger partial charge in [0, 0.05) is 11.0 Å². The lowest BCUT2D eigenvalue weighted by Crippen LogP contribution is -2.32. The molecule has 0 atom stereocenters. The number of nitrogens with two attached hydrogens (primary N) is 1. The van der Waals surface area contributed by atoms with Crippen LogP contribution in [0.1, 0.15) is 26.3 Å². The molecule has 0 unspecified atom stereocenters. The number of carbonyl (C=O) groups excluding carboxylic acids is 1. The molecule has 1 aromatic carbocycles. The fourth-order valence-electron chi connectivity index (χ4n) is 1.33. The van der Waals surface area contributed by atoms with E-state index in [-0.39, 0.29) is 11.4 Å². The van der Waals surface area contributed by atoms with Crippen LogP contribution in [0.25, 0.3) is 0 Å². The van der Waals surface area contributed by atoms with Gasteiger partial charge in [-0.05, 0) is 38.5 Å². The van der Waals surface area contributed by atoms with Crippen LogP contribution in [0.3, 0.4) is 0 Å². The topological polar surface area (TPSA) is 98.5 Å². The second-order valence-corrected chi connectivity index (χ2v) is 7.57. The van der Waals surface area contributed by atoms with Crippen molar-refractivity contribution < 1.29 is 17.9 Å². The van der Waals surface area contributed by atoms with Crippen molar-refractivity contribution in [2.24, 2.45) is 5.14 Å². The van der Waals surface area contributed by atoms with Crippen LogP contribution in [-0.4, -0.2) is 20.1 Å². The molecule has 112 valence electrons. The molecule has 0 bridgehead atoms. The van der Waals surface area contributed by atoms with E-state index in [0.717, 1.165) is 0 Å². The van der Waals surface area contributed by atoms with Crippen LogP contribution in [0.4, 0.5) is 4.79 Å². The lowest BCUT2D eigenvalue weighted by Gasteiger charge is -2.19. The van der Waals surface area contributed by atoms with E-state index in [1.165, 1.54) is 12.1 Å². The van der Waals surface area contributed by atoms with Crippen LogP contribution < -0.4 is 10.5 Å². The summed E-state index contributed by atoms with van der Waals surface area (Å²) in [5.74, 6) is 0. The number of primary sulfonamides is 1. The smallest absolute Gasteiger partial charge is 0.407 e. The molecule has 0 radical (unpaired) electrons. The van der Waals surface area contributed by atoms with Gasteiger partial charge in [0.05, 0.1) is 4.90 Å². The van der Waals surface area contributed by atoms with Gasteiger partial charge in [-0.1, -0.05) is 22.0 Å². The molecule has 0 saturated heterocycles. The molecule has 6 nitrogen and oxygen atoms in total. The van der Waals surface area contributed by atoms with Gasteiger partial charge in [0.15, 0.2) is 0 Å². The molecule has 0 aromatic heterocycles. The maximum atomic E-state index is 11.5. The van der Waals surface area contributed by atoms with Gasteiger partial charge in [0.2, 0.25) is 10.0 Å². The number of benzene rings is 1. The van der Waals surface area contributed by atoms with Gasteiger partial charge in [-0.2, -0.15) is 0 Å². The van der Waals surface area contributed by atoms with E-state index in [0.29, 0.717) is 10.0 Å². The fourth-order valence-corrected chi connectivity index (χ4v) is 2.54. The number of ether oxygens (including phenoxy) is 1. The molecule has 0 aliphatic heterocycles. The summed E-state index contributed by atoms with van der Waals surface area (Å²) in [4.78, 5) is 11.5. The monoisotopic (exact) mass is 364 g/mol. The number of halogens is 1. The second kappa shape index (κ2) is 6.11. The average Bonchev–Trinajstić information content (AvgIpc) is 2.23. The first kappa shape index (κ1) is 16.9. The van der Waals surface area contributed by atoms with Gasteiger partial charge in [0.1, 0.15) is 5.60 Å². The Morgan fingerprint density at radius 2 is 2.00 bits per heavy atom. The molecule has 0 aliphatic carbocycles. The zero-order valence-electron chi connectivity index (χ0n) is 11.4. The molecule has 1 rings (SSSR count). The predicted octanol–water partition coefficient (Wildman–Crippen LogP) is 2.12. The molecule has 1 amide bonds. The van der Waals surface area contributed by atoms with Crippen LogP contribution in [0.2, 0.25) is 0 Å². The fraction of sp³-hybridized carbons (Fsp3) is 0.417. The highest BCUT2D eigenvalue weighted by molar-refractivity contribution is 9.10. The van der Waals surface area contributed by atoms with Crippen molar-refractivity contribution in [2.75, 3.05) is 0 Å². The summed E-state index contributed by atoms with van der Waals surface area (Å²) in [6.07, 6.45) is -0.542. The molecule has 0 aliphatic rings.